The summed E-state index contributed by atoms with van der Waals surface area (Å²) < 4.78 is 0. The zero-order chi connectivity index (χ0) is 17.1. The Morgan fingerprint density at radius 3 is 2.50 bits per heavy atom. The molecule has 0 aromatic heterocycles. The van der Waals surface area contributed by atoms with Crippen LogP contribution in [0.1, 0.15) is 41.8 Å². The Balaban J connectivity index is 2.20. The summed E-state index contributed by atoms with van der Waals surface area (Å²) in [5, 5.41) is 6.27. The van der Waals surface area contributed by atoms with Crippen LogP contribution in [0.25, 0.3) is 11.3 Å². The van der Waals surface area contributed by atoms with Crippen LogP contribution in [0.2, 0.25) is 0 Å². The molecule has 3 rings (SSSR count). The number of amides is 1. The summed E-state index contributed by atoms with van der Waals surface area (Å²) in [6.07, 6.45) is 0.950. The molecule has 0 spiro atoms. The van der Waals surface area contributed by atoms with Gasteiger partial charge in [0.05, 0.1) is 11.3 Å². The monoisotopic (exact) mass is 320 g/mol. The topological polar surface area (TPSA) is 58.2 Å². The SMILES string of the molecule is CCCN/C(=C1\C(=O)Nc2ccc(C(C)=O)cc21)c1ccccc1. The standard InChI is InChI=1S/C20H20N2O2/c1-3-11-21-19(14-7-5-4-6-8-14)18-16-12-15(13(2)23)9-10-17(16)22-20(18)24/h4-10,12,21H,3,11H2,1-2H3,(H,22,24)/b19-18-. The summed E-state index contributed by atoms with van der Waals surface area (Å²) in [6.45, 7) is 4.38. The summed E-state index contributed by atoms with van der Waals surface area (Å²) in [4.78, 5) is 24.3. The predicted molar refractivity (Wildman–Crippen MR) is 96.6 cm³/mol. The molecule has 4 nitrogen and oxygen atoms in total. The van der Waals surface area contributed by atoms with Gasteiger partial charge in [0.2, 0.25) is 0 Å². The molecule has 0 saturated heterocycles. The quantitative estimate of drug-likeness (QED) is 0.652. The molecule has 2 aromatic carbocycles. The van der Waals surface area contributed by atoms with E-state index >= 15 is 0 Å². The second-order valence-corrected chi connectivity index (χ2v) is 5.81. The van der Waals surface area contributed by atoms with Crippen LogP contribution >= 0.6 is 0 Å². The minimum Gasteiger partial charge on any atom is -0.384 e. The third kappa shape index (κ3) is 2.95. The van der Waals surface area contributed by atoms with Gasteiger partial charge in [-0.15, -0.1) is 0 Å². The molecule has 24 heavy (non-hydrogen) atoms. The molecular formula is C20H20N2O2. The lowest BCUT2D eigenvalue weighted by Crippen LogP contribution is -2.17. The summed E-state index contributed by atoms with van der Waals surface area (Å²) in [6, 6.07) is 15.1. The number of carbonyl (C=O) groups is 2. The molecular weight excluding hydrogens is 300 g/mol. The van der Waals surface area contributed by atoms with Crippen molar-refractivity contribution in [3.63, 3.8) is 0 Å². The molecule has 0 bridgehead atoms. The molecule has 0 atom stereocenters. The molecule has 1 amide bonds. The normalized spacial score (nSPS) is 14.8. The van der Waals surface area contributed by atoms with Gasteiger partial charge in [-0.1, -0.05) is 37.3 Å². The first-order valence-corrected chi connectivity index (χ1v) is 8.12. The van der Waals surface area contributed by atoms with Crippen molar-refractivity contribution in [3.05, 3.63) is 65.2 Å². The van der Waals surface area contributed by atoms with Crippen LogP contribution in [-0.2, 0) is 4.79 Å². The van der Waals surface area contributed by atoms with Crippen molar-refractivity contribution in [2.45, 2.75) is 20.3 Å². The first-order chi connectivity index (χ1) is 11.6. The Labute approximate surface area is 141 Å². The average Bonchev–Trinajstić information content (AvgIpc) is 2.91. The van der Waals surface area contributed by atoms with Gasteiger partial charge in [-0.25, -0.2) is 0 Å². The highest BCUT2D eigenvalue weighted by Crippen LogP contribution is 2.36. The molecule has 1 heterocycles. The molecule has 0 unspecified atom stereocenters. The van der Waals surface area contributed by atoms with Gasteiger partial charge >= 0.3 is 0 Å². The van der Waals surface area contributed by atoms with Crippen LogP contribution in [0, 0.1) is 0 Å². The van der Waals surface area contributed by atoms with Crippen LogP contribution in [0.15, 0.2) is 48.5 Å². The predicted octanol–water partition coefficient (Wildman–Crippen LogP) is 3.71. The van der Waals surface area contributed by atoms with E-state index in [4.69, 9.17) is 0 Å². The lowest BCUT2D eigenvalue weighted by molar-refractivity contribution is -0.110. The highest BCUT2D eigenvalue weighted by molar-refractivity contribution is 6.36. The van der Waals surface area contributed by atoms with Crippen molar-refractivity contribution < 1.29 is 9.59 Å². The third-order valence-corrected chi connectivity index (χ3v) is 4.03. The Hall–Kier alpha value is -2.88. The number of carbonyl (C=O) groups excluding carboxylic acids is 2. The average molecular weight is 320 g/mol. The van der Waals surface area contributed by atoms with Gasteiger partial charge in [-0.05, 0) is 37.1 Å². The van der Waals surface area contributed by atoms with Crippen LogP contribution in [-0.4, -0.2) is 18.2 Å². The fraction of sp³-hybridized carbons (Fsp3) is 0.200. The van der Waals surface area contributed by atoms with Gasteiger partial charge in [-0.3, -0.25) is 9.59 Å². The minimum absolute atomic E-state index is 0.0146. The second kappa shape index (κ2) is 6.71. The van der Waals surface area contributed by atoms with Gasteiger partial charge in [-0.2, -0.15) is 0 Å². The Morgan fingerprint density at radius 2 is 1.83 bits per heavy atom. The van der Waals surface area contributed by atoms with Crippen molar-refractivity contribution in [2.75, 3.05) is 11.9 Å². The number of fused-ring (bicyclic) bond motifs is 1. The van der Waals surface area contributed by atoms with E-state index in [0.717, 1.165) is 35.5 Å². The maximum atomic E-state index is 12.6. The molecule has 2 N–H and O–H groups in total. The van der Waals surface area contributed by atoms with Crippen LogP contribution in [0.5, 0.6) is 0 Å². The van der Waals surface area contributed by atoms with E-state index in [2.05, 4.69) is 17.6 Å². The molecule has 4 heteroatoms. The minimum atomic E-state index is -0.145. The van der Waals surface area contributed by atoms with E-state index in [1.165, 1.54) is 6.92 Å². The largest absolute Gasteiger partial charge is 0.384 e. The summed E-state index contributed by atoms with van der Waals surface area (Å²) in [5.74, 6) is -0.160. The van der Waals surface area contributed by atoms with Crippen LogP contribution < -0.4 is 10.6 Å². The van der Waals surface area contributed by atoms with Gasteiger partial charge < -0.3 is 10.6 Å². The lowest BCUT2D eigenvalue weighted by Gasteiger charge is -2.14. The molecule has 122 valence electrons. The Morgan fingerprint density at radius 1 is 1.08 bits per heavy atom. The summed E-state index contributed by atoms with van der Waals surface area (Å²) in [5.41, 5.74) is 4.46. The molecule has 0 radical (unpaired) electrons. The number of hydrogen-bond acceptors (Lipinski definition) is 3. The van der Waals surface area contributed by atoms with Gasteiger partial charge in [0, 0.05) is 23.4 Å². The first-order valence-electron chi connectivity index (χ1n) is 8.12. The van der Waals surface area contributed by atoms with Crippen molar-refractivity contribution >= 4 is 28.6 Å². The van der Waals surface area contributed by atoms with E-state index in [-0.39, 0.29) is 11.7 Å². The maximum Gasteiger partial charge on any atom is 0.258 e. The Kier molecular flexibility index (Phi) is 4.47. The summed E-state index contributed by atoms with van der Waals surface area (Å²) >= 11 is 0. The highest BCUT2D eigenvalue weighted by Gasteiger charge is 2.28. The number of nitrogens with one attached hydrogen (secondary N) is 2. The van der Waals surface area contributed by atoms with E-state index < -0.39 is 0 Å². The van der Waals surface area contributed by atoms with E-state index in [9.17, 15) is 9.59 Å². The van der Waals surface area contributed by atoms with E-state index in [1.54, 1.807) is 18.2 Å². The molecule has 1 aliphatic rings. The van der Waals surface area contributed by atoms with E-state index in [0.29, 0.717) is 11.1 Å². The van der Waals surface area contributed by atoms with Crippen LogP contribution in [0.3, 0.4) is 0 Å². The van der Waals surface area contributed by atoms with Crippen molar-refractivity contribution in [3.8, 4) is 0 Å². The first kappa shape index (κ1) is 16.0. The molecule has 0 saturated carbocycles. The van der Waals surface area contributed by atoms with Gasteiger partial charge in [0.15, 0.2) is 5.78 Å². The van der Waals surface area contributed by atoms with Gasteiger partial charge in [0.25, 0.3) is 5.91 Å². The van der Waals surface area contributed by atoms with Gasteiger partial charge in [0.1, 0.15) is 0 Å². The highest BCUT2D eigenvalue weighted by atomic mass is 16.2. The molecule has 1 aliphatic heterocycles. The zero-order valence-corrected chi connectivity index (χ0v) is 13.8. The third-order valence-electron chi connectivity index (χ3n) is 4.03. The summed E-state index contributed by atoms with van der Waals surface area (Å²) in [7, 11) is 0. The number of Topliss-reactive ketones (excluding diaryl/α,β-unsaturated/α-hetero) is 1. The van der Waals surface area contributed by atoms with Crippen LogP contribution in [0.4, 0.5) is 5.69 Å². The number of rotatable bonds is 5. The van der Waals surface area contributed by atoms with Crippen molar-refractivity contribution in [1.29, 1.82) is 0 Å². The van der Waals surface area contributed by atoms with Crippen molar-refractivity contribution in [1.82, 2.24) is 5.32 Å². The van der Waals surface area contributed by atoms with Crippen molar-refractivity contribution in [2.24, 2.45) is 0 Å². The van der Waals surface area contributed by atoms with E-state index in [1.807, 2.05) is 30.3 Å². The number of benzene rings is 2. The molecule has 0 aliphatic carbocycles. The number of anilines is 1. The molecule has 0 fully saturated rings. The Bertz CT molecular complexity index is 823. The maximum absolute atomic E-state index is 12.6. The fourth-order valence-corrected chi connectivity index (χ4v) is 2.82. The molecule has 2 aromatic rings. The smallest absolute Gasteiger partial charge is 0.258 e. The number of ketones is 1. The fourth-order valence-electron chi connectivity index (χ4n) is 2.82. The second-order valence-electron chi connectivity index (χ2n) is 5.81. The number of hydrogen-bond donors (Lipinski definition) is 2. The zero-order valence-electron chi connectivity index (χ0n) is 13.8. The lowest BCUT2D eigenvalue weighted by atomic mass is 9.98.